The minimum absolute atomic E-state index is 0.0299. The Balaban J connectivity index is 3.08. The number of ether oxygens (including phenoxy) is 2. The minimum Gasteiger partial charge on any atom is -0.464 e. The quantitative estimate of drug-likeness (QED) is 0.380. The zero-order valence-electron chi connectivity index (χ0n) is 6.99. The molecule has 0 unspecified atom stereocenters. The molecular weight excluding hydrogens is 162 g/mol. The molecule has 0 radical (unpaired) electrons. The Morgan fingerprint density at radius 3 is 2.67 bits per heavy atom. The van der Waals surface area contributed by atoms with E-state index in [2.05, 4.69) is 4.74 Å². The molecule has 0 fully saturated rings. The highest BCUT2D eigenvalue weighted by Gasteiger charge is 2.00. The van der Waals surface area contributed by atoms with E-state index in [-0.39, 0.29) is 38.8 Å². The highest BCUT2D eigenvalue weighted by atomic mass is 16.5. The van der Waals surface area contributed by atoms with Crippen LogP contribution < -0.4 is 5.73 Å². The van der Waals surface area contributed by atoms with Crippen molar-refractivity contribution in [2.45, 2.75) is 6.42 Å². The van der Waals surface area contributed by atoms with Crippen molar-refractivity contribution in [3.05, 3.63) is 0 Å². The molecule has 0 spiro atoms. The van der Waals surface area contributed by atoms with Crippen molar-refractivity contribution in [1.29, 1.82) is 0 Å². The lowest BCUT2D eigenvalue weighted by atomic mass is 10.5. The maximum absolute atomic E-state index is 10.7. The van der Waals surface area contributed by atoms with E-state index in [0.717, 1.165) is 0 Å². The molecular formula is C7H15NO4. The molecule has 0 heterocycles. The van der Waals surface area contributed by atoms with Gasteiger partial charge in [0.1, 0.15) is 6.61 Å². The molecule has 12 heavy (non-hydrogen) atoms. The number of carbonyl (C=O) groups is 1. The van der Waals surface area contributed by atoms with Crippen molar-refractivity contribution in [2.75, 3.05) is 33.0 Å². The van der Waals surface area contributed by atoms with Gasteiger partial charge in [-0.25, -0.2) is 0 Å². The average molecular weight is 177 g/mol. The molecule has 0 aromatic carbocycles. The zero-order valence-corrected chi connectivity index (χ0v) is 6.99. The lowest BCUT2D eigenvalue weighted by Gasteiger charge is -2.02. The van der Waals surface area contributed by atoms with Crippen LogP contribution in [0.3, 0.4) is 0 Å². The number of nitrogens with two attached hydrogens (primary N) is 1. The summed E-state index contributed by atoms with van der Waals surface area (Å²) in [6, 6.07) is 0. The number of aliphatic hydroxyl groups is 1. The van der Waals surface area contributed by atoms with Crippen molar-refractivity contribution in [2.24, 2.45) is 5.73 Å². The van der Waals surface area contributed by atoms with Crippen LogP contribution in [-0.4, -0.2) is 44.0 Å². The predicted molar refractivity (Wildman–Crippen MR) is 42.5 cm³/mol. The topological polar surface area (TPSA) is 81.8 Å². The Labute approximate surface area is 71.5 Å². The van der Waals surface area contributed by atoms with Gasteiger partial charge >= 0.3 is 5.97 Å². The van der Waals surface area contributed by atoms with Gasteiger partial charge < -0.3 is 20.3 Å². The van der Waals surface area contributed by atoms with Crippen molar-refractivity contribution in [3.63, 3.8) is 0 Å². The molecule has 0 aliphatic rings. The van der Waals surface area contributed by atoms with Gasteiger partial charge in [-0.2, -0.15) is 0 Å². The number of esters is 1. The van der Waals surface area contributed by atoms with E-state index in [0.29, 0.717) is 6.54 Å². The van der Waals surface area contributed by atoms with Crippen molar-refractivity contribution in [1.82, 2.24) is 0 Å². The van der Waals surface area contributed by atoms with Gasteiger partial charge in [0.15, 0.2) is 0 Å². The zero-order chi connectivity index (χ0) is 9.23. The summed E-state index contributed by atoms with van der Waals surface area (Å²) in [4.78, 5) is 10.7. The van der Waals surface area contributed by atoms with E-state index in [1.807, 2.05) is 0 Å². The highest BCUT2D eigenvalue weighted by molar-refractivity contribution is 5.69. The van der Waals surface area contributed by atoms with Gasteiger partial charge in [0, 0.05) is 6.54 Å². The summed E-state index contributed by atoms with van der Waals surface area (Å²) in [6.07, 6.45) is 0.208. The molecule has 0 saturated carbocycles. The SMILES string of the molecule is NCCOC(=O)CCOCCO. The number of hydrogen-bond acceptors (Lipinski definition) is 5. The first-order valence-electron chi connectivity index (χ1n) is 3.85. The lowest BCUT2D eigenvalue weighted by Crippen LogP contribution is -2.15. The largest absolute Gasteiger partial charge is 0.464 e. The van der Waals surface area contributed by atoms with Crippen molar-refractivity contribution in [3.8, 4) is 0 Å². The second-order valence-corrected chi connectivity index (χ2v) is 2.10. The predicted octanol–water partition coefficient (Wildman–Crippen LogP) is -1.11. The third-order valence-electron chi connectivity index (χ3n) is 1.07. The van der Waals surface area contributed by atoms with Crippen molar-refractivity contribution < 1.29 is 19.4 Å². The normalized spacial score (nSPS) is 9.83. The molecule has 0 bridgehead atoms. The van der Waals surface area contributed by atoms with Crippen LogP contribution in [0.15, 0.2) is 0 Å². The summed E-state index contributed by atoms with van der Waals surface area (Å²) in [5.41, 5.74) is 5.11. The Bertz CT molecular complexity index is 118. The fraction of sp³-hybridized carbons (Fsp3) is 0.857. The Morgan fingerprint density at radius 2 is 2.08 bits per heavy atom. The summed E-state index contributed by atoms with van der Waals surface area (Å²) in [6.45, 7) is 1.09. The van der Waals surface area contributed by atoms with Crippen LogP contribution in [0.25, 0.3) is 0 Å². The van der Waals surface area contributed by atoms with Gasteiger partial charge in [0.2, 0.25) is 0 Å². The molecule has 72 valence electrons. The number of hydrogen-bond donors (Lipinski definition) is 2. The van der Waals surface area contributed by atoms with E-state index in [9.17, 15) is 4.79 Å². The van der Waals surface area contributed by atoms with Crippen LogP contribution in [0.4, 0.5) is 0 Å². The summed E-state index contributed by atoms with van der Waals surface area (Å²) < 4.78 is 9.52. The van der Waals surface area contributed by atoms with Gasteiger partial charge in [0.05, 0.1) is 26.2 Å². The second kappa shape index (κ2) is 8.45. The third kappa shape index (κ3) is 7.46. The standard InChI is InChI=1S/C7H15NO4/c8-2-5-12-7(10)1-4-11-6-3-9/h9H,1-6,8H2. The molecule has 0 rings (SSSR count). The van der Waals surface area contributed by atoms with E-state index in [1.165, 1.54) is 0 Å². The van der Waals surface area contributed by atoms with Gasteiger partial charge in [-0.05, 0) is 0 Å². The summed E-state index contributed by atoms with van der Waals surface area (Å²) in [5.74, 6) is -0.321. The maximum Gasteiger partial charge on any atom is 0.308 e. The number of carbonyl (C=O) groups excluding carboxylic acids is 1. The Kier molecular flexibility index (Phi) is 7.99. The van der Waals surface area contributed by atoms with Gasteiger partial charge in [-0.15, -0.1) is 0 Å². The molecule has 0 aromatic heterocycles. The van der Waals surface area contributed by atoms with E-state index in [1.54, 1.807) is 0 Å². The van der Waals surface area contributed by atoms with E-state index in [4.69, 9.17) is 15.6 Å². The first-order chi connectivity index (χ1) is 5.81. The molecule has 0 saturated heterocycles. The molecule has 0 atom stereocenters. The van der Waals surface area contributed by atoms with Crippen LogP contribution in [0.1, 0.15) is 6.42 Å². The molecule has 5 heteroatoms. The fourth-order valence-electron chi connectivity index (χ4n) is 0.567. The minimum atomic E-state index is -0.321. The monoisotopic (exact) mass is 177 g/mol. The maximum atomic E-state index is 10.7. The number of aliphatic hydroxyl groups excluding tert-OH is 1. The molecule has 3 N–H and O–H groups in total. The van der Waals surface area contributed by atoms with Gasteiger partial charge in [-0.3, -0.25) is 4.79 Å². The second-order valence-electron chi connectivity index (χ2n) is 2.10. The fourth-order valence-corrected chi connectivity index (χ4v) is 0.567. The highest BCUT2D eigenvalue weighted by Crippen LogP contribution is 1.87. The molecule has 0 aliphatic carbocycles. The summed E-state index contributed by atoms with van der Waals surface area (Å²) in [7, 11) is 0. The lowest BCUT2D eigenvalue weighted by molar-refractivity contribution is -0.144. The van der Waals surface area contributed by atoms with Gasteiger partial charge in [0.25, 0.3) is 0 Å². The van der Waals surface area contributed by atoms with Crippen LogP contribution in [0.2, 0.25) is 0 Å². The average Bonchev–Trinajstić information content (AvgIpc) is 2.09. The molecule has 0 aromatic rings. The first kappa shape index (κ1) is 11.4. The Hall–Kier alpha value is -0.650. The van der Waals surface area contributed by atoms with Crippen LogP contribution in [-0.2, 0) is 14.3 Å². The van der Waals surface area contributed by atoms with Crippen LogP contribution in [0, 0.1) is 0 Å². The number of rotatable bonds is 7. The smallest absolute Gasteiger partial charge is 0.308 e. The van der Waals surface area contributed by atoms with E-state index >= 15 is 0 Å². The van der Waals surface area contributed by atoms with Crippen molar-refractivity contribution >= 4 is 5.97 Å². The molecule has 0 aliphatic heterocycles. The van der Waals surface area contributed by atoms with Gasteiger partial charge in [-0.1, -0.05) is 0 Å². The summed E-state index contributed by atoms with van der Waals surface area (Å²) >= 11 is 0. The third-order valence-corrected chi connectivity index (χ3v) is 1.07. The summed E-state index contributed by atoms with van der Waals surface area (Å²) in [5, 5.41) is 8.32. The molecule has 0 amide bonds. The van der Waals surface area contributed by atoms with E-state index < -0.39 is 0 Å². The van der Waals surface area contributed by atoms with Crippen LogP contribution in [0.5, 0.6) is 0 Å². The Morgan fingerprint density at radius 1 is 1.33 bits per heavy atom. The first-order valence-corrected chi connectivity index (χ1v) is 3.85. The molecule has 5 nitrogen and oxygen atoms in total. The van der Waals surface area contributed by atoms with Crippen LogP contribution >= 0.6 is 0 Å².